The van der Waals surface area contributed by atoms with Crippen LogP contribution < -0.4 is 10.1 Å². The Morgan fingerprint density at radius 2 is 1.97 bits per heavy atom. The van der Waals surface area contributed by atoms with Gasteiger partial charge in [-0.15, -0.1) is 0 Å². The number of ether oxygens (including phenoxy) is 1. The van der Waals surface area contributed by atoms with Gasteiger partial charge in [-0.2, -0.15) is 0 Å². The van der Waals surface area contributed by atoms with Gasteiger partial charge in [0.2, 0.25) is 0 Å². The van der Waals surface area contributed by atoms with Gasteiger partial charge in [0.15, 0.2) is 5.65 Å². The molecule has 0 spiro atoms. The molecule has 1 aliphatic rings. The third-order valence-electron chi connectivity index (χ3n) is 5.78. The highest BCUT2D eigenvalue weighted by Crippen LogP contribution is 2.32. The normalized spacial score (nSPS) is 16.5. The average Bonchev–Trinajstić information content (AvgIpc) is 3.44. The van der Waals surface area contributed by atoms with Crippen molar-refractivity contribution in [2.45, 2.75) is 25.9 Å². The Morgan fingerprint density at radius 3 is 2.75 bits per heavy atom. The van der Waals surface area contributed by atoms with Crippen LogP contribution in [-0.2, 0) is 6.54 Å². The number of hydrogen-bond acceptors (Lipinski definition) is 5. The van der Waals surface area contributed by atoms with Crippen molar-refractivity contribution in [3.05, 3.63) is 71.4 Å². The lowest BCUT2D eigenvalue weighted by atomic mass is 10.2. The van der Waals surface area contributed by atoms with E-state index in [1.165, 1.54) is 5.56 Å². The molecule has 0 aliphatic carbocycles. The molecule has 2 aromatic carbocycles. The fourth-order valence-electron chi connectivity index (χ4n) is 4.22. The first kappa shape index (κ1) is 20.8. The van der Waals surface area contributed by atoms with Crippen LogP contribution in [-0.4, -0.2) is 45.6 Å². The van der Waals surface area contributed by atoms with Crippen molar-refractivity contribution in [1.82, 2.24) is 19.9 Å². The summed E-state index contributed by atoms with van der Waals surface area (Å²) in [5.41, 5.74) is 4.65. The van der Waals surface area contributed by atoms with E-state index in [1.54, 1.807) is 6.20 Å². The number of benzene rings is 2. The van der Waals surface area contributed by atoms with Gasteiger partial charge in [0.25, 0.3) is 0 Å². The Hall–Kier alpha value is -3.09. The van der Waals surface area contributed by atoms with Gasteiger partial charge in [-0.3, -0.25) is 4.90 Å². The molecule has 1 aliphatic heterocycles. The quantitative estimate of drug-likeness (QED) is 0.399. The Labute approximate surface area is 192 Å². The van der Waals surface area contributed by atoms with E-state index in [2.05, 4.69) is 50.5 Å². The number of anilines is 1. The largest absolute Gasteiger partial charge is 0.494 e. The molecule has 164 valence electrons. The number of pyridine rings is 1. The molecule has 3 heterocycles. The zero-order valence-corrected chi connectivity index (χ0v) is 18.8. The van der Waals surface area contributed by atoms with E-state index in [0.29, 0.717) is 17.7 Å². The lowest BCUT2D eigenvalue weighted by Crippen LogP contribution is -2.26. The van der Waals surface area contributed by atoms with E-state index >= 15 is 0 Å². The summed E-state index contributed by atoms with van der Waals surface area (Å²) in [5, 5.41) is 4.23. The molecule has 0 bridgehead atoms. The minimum Gasteiger partial charge on any atom is -0.494 e. The van der Waals surface area contributed by atoms with Crippen LogP contribution in [0.15, 0.2) is 60.8 Å². The minimum atomic E-state index is 0.312. The van der Waals surface area contributed by atoms with E-state index in [4.69, 9.17) is 21.3 Å². The average molecular weight is 448 g/mol. The molecule has 2 N–H and O–H groups in total. The Bertz CT molecular complexity index is 1190. The summed E-state index contributed by atoms with van der Waals surface area (Å²) in [6.45, 7) is 5.60. The SMILES string of the molecule is CCOc1ccc(-c2nc3c(NC4CCN(Cc5ccccc5)C4)c(Cl)cnc3[nH]2)cc1. The molecule has 1 fully saturated rings. The topological polar surface area (TPSA) is 66.1 Å². The zero-order chi connectivity index (χ0) is 21.9. The Balaban J connectivity index is 1.34. The van der Waals surface area contributed by atoms with Crippen LogP contribution in [0.2, 0.25) is 5.02 Å². The number of aromatic amines is 1. The summed E-state index contributed by atoms with van der Waals surface area (Å²) < 4.78 is 5.54. The molecule has 5 rings (SSSR count). The van der Waals surface area contributed by atoms with E-state index in [1.807, 2.05) is 31.2 Å². The molecule has 4 aromatic rings. The maximum atomic E-state index is 6.55. The molecule has 0 radical (unpaired) electrons. The van der Waals surface area contributed by atoms with Crippen LogP contribution in [0.25, 0.3) is 22.6 Å². The third kappa shape index (κ3) is 4.42. The third-order valence-corrected chi connectivity index (χ3v) is 6.06. The number of halogens is 1. The first-order valence-electron chi connectivity index (χ1n) is 11.0. The van der Waals surface area contributed by atoms with Gasteiger partial charge in [0.1, 0.15) is 17.1 Å². The van der Waals surface area contributed by atoms with Crippen molar-refractivity contribution < 1.29 is 4.74 Å². The maximum absolute atomic E-state index is 6.55. The zero-order valence-electron chi connectivity index (χ0n) is 18.0. The maximum Gasteiger partial charge on any atom is 0.159 e. The van der Waals surface area contributed by atoms with Crippen molar-refractivity contribution >= 4 is 28.5 Å². The van der Waals surface area contributed by atoms with Crippen molar-refractivity contribution in [3.63, 3.8) is 0 Å². The van der Waals surface area contributed by atoms with E-state index in [9.17, 15) is 0 Å². The first-order chi connectivity index (χ1) is 15.7. The minimum absolute atomic E-state index is 0.312. The summed E-state index contributed by atoms with van der Waals surface area (Å²) in [7, 11) is 0. The van der Waals surface area contributed by atoms with Crippen LogP contribution >= 0.6 is 11.6 Å². The van der Waals surface area contributed by atoms with Gasteiger partial charge in [0, 0.05) is 31.2 Å². The van der Waals surface area contributed by atoms with Gasteiger partial charge in [0.05, 0.1) is 23.5 Å². The molecule has 32 heavy (non-hydrogen) atoms. The number of H-pyrrole nitrogens is 1. The van der Waals surface area contributed by atoms with Gasteiger partial charge in [-0.1, -0.05) is 41.9 Å². The molecular weight excluding hydrogens is 422 g/mol. The highest BCUT2D eigenvalue weighted by atomic mass is 35.5. The van der Waals surface area contributed by atoms with Crippen molar-refractivity contribution in [3.8, 4) is 17.1 Å². The second-order valence-electron chi connectivity index (χ2n) is 8.07. The summed E-state index contributed by atoms with van der Waals surface area (Å²) in [4.78, 5) is 15.1. The summed E-state index contributed by atoms with van der Waals surface area (Å²) >= 11 is 6.55. The number of nitrogens with one attached hydrogen (secondary N) is 2. The fraction of sp³-hybridized carbons (Fsp3) is 0.280. The predicted molar refractivity (Wildman–Crippen MR) is 129 cm³/mol. The number of hydrogen-bond donors (Lipinski definition) is 2. The van der Waals surface area contributed by atoms with Crippen molar-refractivity contribution in [2.24, 2.45) is 0 Å². The van der Waals surface area contributed by atoms with Gasteiger partial charge in [-0.05, 0) is 43.2 Å². The van der Waals surface area contributed by atoms with Crippen LogP contribution in [0.1, 0.15) is 18.9 Å². The fourth-order valence-corrected chi connectivity index (χ4v) is 4.41. The lowest BCUT2D eigenvalue weighted by Gasteiger charge is -2.18. The second-order valence-corrected chi connectivity index (χ2v) is 8.48. The van der Waals surface area contributed by atoms with Gasteiger partial charge >= 0.3 is 0 Å². The van der Waals surface area contributed by atoms with Crippen LogP contribution in [0.4, 0.5) is 5.69 Å². The number of fused-ring (bicyclic) bond motifs is 1. The molecule has 2 aromatic heterocycles. The molecule has 7 heteroatoms. The summed E-state index contributed by atoms with van der Waals surface area (Å²) in [6.07, 6.45) is 2.74. The molecule has 1 saturated heterocycles. The highest BCUT2D eigenvalue weighted by molar-refractivity contribution is 6.34. The Kier molecular flexibility index (Phi) is 5.97. The van der Waals surface area contributed by atoms with Crippen molar-refractivity contribution in [1.29, 1.82) is 0 Å². The number of imidazole rings is 1. The van der Waals surface area contributed by atoms with E-state index < -0.39 is 0 Å². The number of rotatable bonds is 7. The predicted octanol–water partition coefficient (Wildman–Crippen LogP) is 5.36. The second kappa shape index (κ2) is 9.18. The number of nitrogens with zero attached hydrogens (tertiary/aromatic N) is 3. The highest BCUT2D eigenvalue weighted by Gasteiger charge is 2.24. The molecule has 6 nitrogen and oxygen atoms in total. The molecule has 1 atom stereocenters. The van der Waals surface area contributed by atoms with Crippen molar-refractivity contribution in [2.75, 3.05) is 25.0 Å². The monoisotopic (exact) mass is 447 g/mol. The molecular formula is C25H26ClN5O. The standard InChI is InChI=1S/C25H26ClN5O/c1-2-32-20-10-8-18(9-11-20)24-29-23-22(21(26)14-27-25(23)30-24)28-19-12-13-31(16-19)15-17-6-4-3-5-7-17/h3-11,14,19H,2,12-13,15-16H2,1H3,(H2,27,28,29,30). The van der Waals surface area contributed by atoms with E-state index in [-0.39, 0.29) is 0 Å². The number of likely N-dealkylation sites (tertiary alicyclic amines) is 1. The van der Waals surface area contributed by atoms with Crippen LogP contribution in [0.5, 0.6) is 5.75 Å². The van der Waals surface area contributed by atoms with Crippen LogP contribution in [0.3, 0.4) is 0 Å². The smallest absolute Gasteiger partial charge is 0.159 e. The molecule has 0 amide bonds. The van der Waals surface area contributed by atoms with Gasteiger partial charge in [-0.25, -0.2) is 9.97 Å². The summed E-state index contributed by atoms with van der Waals surface area (Å²) in [5.74, 6) is 1.61. The Morgan fingerprint density at radius 1 is 1.16 bits per heavy atom. The number of aromatic nitrogens is 3. The summed E-state index contributed by atoms with van der Waals surface area (Å²) in [6, 6.07) is 18.8. The van der Waals surface area contributed by atoms with Crippen LogP contribution in [0, 0.1) is 0 Å². The lowest BCUT2D eigenvalue weighted by molar-refractivity contribution is 0.328. The molecule has 1 unspecified atom stereocenters. The first-order valence-corrected chi connectivity index (χ1v) is 11.4. The van der Waals surface area contributed by atoms with E-state index in [0.717, 1.165) is 60.0 Å². The van der Waals surface area contributed by atoms with Gasteiger partial charge < -0.3 is 15.0 Å². The molecule has 0 saturated carbocycles.